The number of benzene rings is 2. The summed E-state index contributed by atoms with van der Waals surface area (Å²) in [4.78, 5) is 15.7. The van der Waals surface area contributed by atoms with E-state index in [2.05, 4.69) is 21.3 Å². The summed E-state index contributed by atoms with van der Waals surface area (Å²) in [6.45, 7) is 0.374. The number of H-pyrrole nitrogens is 1. The third kappa shape index (κ3) is 4.05. The van der Waals surface area contributed by atoms with Crippen LogP contribution in [0.15, 0.2) is 60.9 Å². The lowest BCUT2D eigenvalue weighted by Gasteiger charge is -2.05. The van der Waals surface area contributed by atoms with Crippen LogP contribution >= 0.6 is 0 Å². The molecule has 0 radical (unpaired) electrons. The van der Waals surface area contributed by atoms with Crippen molar-refractivity contribution >= 4 is 22.5 Å². The summed E-state index contributed by atoms with van der Waals surface area (Å²) in [5, 5.41) is 16.8. The van der Waals surface area contributed by atoms with Crippen molar-refractivity contribution in [1.29, 1.82) is 0 Å². The van der Waals surface area contributed by atoms with Crippen LogP contribution in [0.4, 0.5) is 5.69 Å². The van der Waals surface area contributed by atoms with Gasteiger partial charge in [0.1, 0.15) is 5.69 Å². The van der Waals surface area contributed by atoms with Gasteiger partial charge in [-0.2, -0.15) is 5.10 Å². The first-order valence-electron chi connectivity index (χ1n) is 9.27. The summed E-state index contributed by atoms with van der Waals surface area (Å²) in [5.74, 6) is 2.48. The zero-order valence-corrected chi connectivity index (χ0v) is 15.7. The fourth-order valence-electron chi connectivity index (χ4n) is 3.29. The lowest BCUT2D eigenvalue weighted by molar-refractivity contribution is 0.102. The molecule has 0 aliphatic heterocycles. The minimum atomic E-state index is -0.246. The number of aromatic nitrogens is 3. The van der Waals surface area contributed by atoms with Crippen molar-refractivity contribution in [3.05, 3.63) is 83.3 Å². The number of carbonyl (C=O) groups is 1. The number of rotatable bonds is 6. The van der Waals surface area contributed by atoms with Crippen LogP contribution in [0.3, 0.4) is 0 Å². The van der Waals surface area contributed by atoms with Gasteiger partial charge in [0.25, 0.3) is 5.91 Å². The Balaban J connectivity index is 1.53. The van der Waals surface area contributed by atoms with Gasteiger partial charge in [0.15, 0.2) is 0 Å². The first kappa shape index (κ1) is 18.5. The van der Waals surface area contributed by atoms with E-state index < -0.39 is 0 Å². The van der Waals surface area contributed by atoms with Gasteiger partial charge in [-0.05, 0) is 35.7 Å². The number of nitrogens with zero attached hydrogens (tertiary/aromatic N) is 2. The van der Waals surface area contributed by atoms with Crippen molar-refractivity contribution in [2.24, 2.45) is 0 Å². The standard InChI is InChI=1S/C23H20N4O2/c1-2-17-5-3-4-6-18(17)11-16-7-8-19-13-22(26-21(19)12-16)23(29)25-20-14-24-27(15-20)9-10-28/h1,3-8,12-15,26,28H,9-11H2,(H,25,29). The normalized spacial score (nSPS) is 10.8. The Morgan fingerprint density at radius 1 is 1.24 bits per heavy atom. The minimum absolute atomic E-state index is 0.00870. The van der Waals surface area contributed by atoms with E-state index in [0.717, 1.165) is 34.0 Å². The summed E-state index contributed by atoms with van der Waals surface area (Å²) < 4.78 is 1.57. The summed E-state index contributed by atoms with van der Waals surface area (Å²) in [7, 11) is 0. The second-order valence-electron chi connectivity index (χ2n) is 6.75. The molecule has 144 valence electrons. The number of aromatic amines is 1. The summed E-state index contributed by atoms with van der Waals surface area (Å²) >= 11 is 0. The predicted octanol–water partition coefficient (Wildman–Crippen LogP) is 3.18. The summed E-state index contributed by atoms with van der Waals surface area (Å²) in [5.41, 5.74) is 5.03. The van der Waals surface area contributed by atoms with Crippen molar-refractivity contribution in [1.82, 2.24) is 14.8 Å². The van der Waals surface area contributed by atoms with Gasteiger partial charge in [-0.25, -0.2) is 0 Å². The van der Waals surface area contributed by atoms with Gasteiger partial charge in [-0.15, -0.1) is 6.42 Å². The van der Waals surface area contributed by atoms with Crippen LogP contribution < -0.4 is 5.32 Å². The molecule has 0 saturated heterocycles. The van der Waals surface area contributed by atoms with Crippen LogP contribution in [0.5, 0.6) is 0 Å². The van der Waals surface area contributed by atoms with Gasteiger partial charge >= 0.3 is 0 Å². The smallest absolute Gasteiger partial charge is 0.272 e. The average molecular weight is 384 g/mol. The van der Waals surface area contributed by atoms with Gasteiger partial charge in [-0.3, -0.25) is 9.48 Å². The minimum Gasteiger partial charge on any atom is -0.394 e. The van der Waals surface area contributed by atoms with E-state index in [0.29, 0.717) is 17.9 Å². The predicted molar refractivity (Wildman–Crippen MR) is 113 cm³/mol. The molecule has 0 unspecified atom stereocenters. The maximum absolute atomic E-state index is 12.6. The molecule has 2 aromatic carbocycles. The molecule has 2 aromatic heterocycles. The van der Waals surface area contributed by atoms with Gasteiger partial charge in [0.2, 0.25) is 0 Å². The second-order valence-corrected chi connectivity index (χ2v) is 6.75. The number of terminal acetylenes is 1. The Morgan fingerprint density at radius 3 is 2.93 bits per heavy atom. The third-order valence-corrected chi connectivity index (χ3v) is 4.72. The second kappa shape index (κ2) is 8.05. The summed E-state index contributed by atoms with van der Waals surface area (Å²) in [6, 6.07) is 15.8. The first-order chi connectivity index (χ1) is 14.2. The van der Waals surface area contributed by atoms with Gasteiger partial charge in [0, 0.05) is 22.7 Å². The molecule has 3 N–H and O–H groups in total. The summed E-state index contributed by atoms with van der Waals surface area (Å²) in [6.07, 6.45) is 9.55. The van der Waals surface area contributed by atoms with E-state index in [4.69, 9.17) is 11.5 Å². The number of anilines is 1. The van der Waals surface area contributed by atoms with E-state index in [1.165, 1.54) is 0 Å². The van der Waals surface area contributed by atoms with Crippen LogP contribution in [0.25, 0.3) is 10.9 Å². The van der Waals surface area contributed by atoms with E-state index in [1.807, 2.05) is 48.5 Å². The van der Waals surface area contributed by atoms with E-state index in [1.54, 1.807) is 17.1 Å². The highest BCUT2D eigenvalue weighted by Crippen LogP contribution is 2.21. The monoisotopic (exact) mass is 384 g/mol. The SMILES string of the molecule is C#Cc1ccccc1Cc1ccc2cc(C(=O)Nc3cnn(CCO)c3)[nH]c2c1. The lowest BCUT2D eigenvalue weighted by Crippen LogP contribution is -2.11. The molecule has 0 aliphatic carbocycles. The van der Waals surface area contributed by atoms with Crippen molar-refractivity contribution in [2.75, 3.05) is 11.9 Å². The van der Waals surface area contributed by atoms with Crippen molar-refractivity contribution in [3.63, 3.8) is 0 Å². The van der Waals surface area contributed by atoms with E-state index in [9.17, 15) is 4.79 Å². The van der Waals surface area contributed by atoms with Crippen LogP contribution in [-0.4, -0.2) is 32.4 Å². The molecule has 6 heteroatoms. The molecule has 29 heavy (non-hydrogen) atoms. The number of hydrogen-bond acceptors (Lipinski definition) is 3. The van der Waals surface area contributed by atoms with Crippen LogP contribution in [0.1, 0.15) is 27.2 Å². The van der Waals surface area contributed by atoms with Gasteiger partial charge in [0.05, 0.1) is 25.0 Å². The molecular weight excluding hydrogens is 364 g/mol. The average Bonchev–Trinajstić information content (AvgIpc) is 3.35. The maximum Gasteiger partial charge on any atom is 0.272 e. The molecule has 0 aliphatic rings. The highest BCUT2D eigenvalue weighted by molar-refractivity contribution is 6.05. The van der Waals surface area contributed by atoms with Gasteiger partial charge in [-0.1, -0.05) is 36.3 Å². The maximum atomic E-state index is 12.6. The molecule has 6 nitrogen and oxygen atoms in total. The number of nitrogens with one attached hydrogen (secondary N) is 2. The number of hydrogen-bond donors (Lipinski definition) is 3. The fourth-order valence-corrected chi connectivity index (χ4v) is 3.29. The number of carbonyl (C=O) groups excluding carboxylic acids is 1. The number of aliphatic hydroxyl groups is 1. The molecule has 0 bridgehead atoms. The Hall–Kier alpha value is -3.82. The Labute approximate surface area is 168 Å². The Kier molecular flexibility index (Phi) is 5.14. The topological polar surface area (TPSA) is 82.9 Å². The molecule has 0 spiro atoms. The van der Waals surface area contributed by atoms with Crippen LogP contribution in [0, 0.1) is 12.3 Å². The molecule has 0 atom stereocenters. The Bertz CT molecular complexity index is 1210. The molecule has 2 heterocycles. The number of amides is 1. The van der Waals surface area contributed by atoms with Crippen molar-refractivity contribution in [2.45, 2.75) is 13.0 Å². The van der Waals surface area contributed by atoms with Crippen LogP contribution in [0.2, 0.25) is 0 Å². The third-order valence-electron chi connectivity index (χ3n) is 4.72. The first-order valence-corrected chi connectivity index (χ1v) is 9.27. The van der Waals surface area contributed by atoms with Crippen molar-refractivity contribution < 1.29 is 9.90 Å². The zero-order valence-electron chi connectivity index (χ0n) is 15.7. The molecule has 0 fully saturated rings. The van der Waals surface area contributed by atoms with E-state index >= 15 is 0 Å². The van der Waals surface area contributed by atoms with Crippen molar-refractivity contribution in [3.8, 4) is 12.3 Å². The Morgan fingerprint density at radius 2 is 2.10 bits per heavy atom. The lowest BCUT2D eigenvalue weighted by atomic mass is 9.99. The molecule has 0 saturated carbocycles. The largest absolute Gasteiger partial charge is 0.394 e. The number of aliphatic hydroxyl groups excluding tert-OH is 1. The molecule has 4 rings (SSSR count). The van der Waals surface area contributed by atoms with Gasteiger partial charge < -0.3 is 15.4 Å². The quantitative estimate of drug-likeness (QED) is 0.447. The fraction of sp³-hybridized carbons (Fsp3) is 0.130. The highest BCUT2D eigenvalue weighted by Gasteiger charge is 2.12. The van der Waals surface area contributed by atoms with E-state index in [-0.39, 0.29) is 12.5 Å². The van der Waals surface area contributed by atoms with Crippen LogP contribution in [-0.2, 0) is 13.0 Å². The zero-order chi connectivity index (χ0) is 20.2. The molecule has 1 amide bonds. The molecule has 4 aromatic rings. The highest BCUT2D eigenvalue weighted by atomic mass is 16.3. The number of fused-ring (bicyclic) bond motifs is 1. The molecular formula is C23H20N4O2.